The van der Waals surface area contributed by atoms with Crippen LogP contribution in [0.15, 0.2) is 46.6 Å². The SMILES string of the molecule is CC(C)(C)c1cc(NC(=O)Nc2cnc(/C=C(/C#Cc3ccc(OCCCN4CCOCC4)cc3)C=N)[nH]2)no1. The Kier molecular flexibility index (Phi) is 9.72. The summed E-state index contributed by atoms with van der Waals surface area (Å²) in [6.45, 7) is 11.2. The van der Waals surface area contributed by atoms with Gasteiger partial charge in [0.1, 0.15) is 23.2 Å². The van der Waals surface area contributed by atoms with E-state index in [9.17, 15) is 4.79 Å². The number of carbonyl (C=O) groups excluding carboxylic acids is 1. The average Bonchev–Trinajstić information content (AvgIpc) is 3.60. The van der Waals surface area contributed by atoms with Crippen molar-refractivity contribution in [2.75, 3.05) is 50.1 Å². The molecule has 40 heavy (non-hydrogen) atoms. The number of aromatic amines is 1. The highest BCUT2D eigenvalue weighted by Crippen LogP contribution is 2.24. The molecule has 0 saturated carbocycles. The summed E-state index contributed by atoms with van der Waals surface area (Å²) in [5.41, 5.74) is 1.03. The number of imidazole rings is 1. The lowest BCUT2D eigenvalue weighted by molar-refractivity contribution is 0.0358. The van der Waals surface area contributed by atoms with Crippen molar-refractivity contribution in [1.29, 1.82) is 5.41 Å². The van der Waals surface area contributed by atoms with Crippen LogP contribution in [0.25, 0.3) is 6.08 Å². The molecule has 1 aliphatic rings. The van der Waals surface area contributed by atoms with Crippen molar-refractivity contribution in [3.05, 3.63) is 59.2 Å². The first-order valence-electron chi connectivity index (χ1n) is 13.2. The number of morpholine rings is 1. The Morgan fingerprint density at radius 3 is 2.70 bits per heavy atom. The van der Waals surface area contributed by atoms with Crippen LogP contribution in [0.5, 0.6) is 5.75 Å². The van der Waals surface area contributed by atoms with E-state index in [1.165, 1.54) is 6.20 Å². The molecule has 4 rings (SSSR count). The number of ether oxygens (including phenoxy) is 2. The highest BCUT2D eigenvalue weighted by atomic mass is 16.5. The molecule has 11 nitrogen and oxygen atoms in total. The molecule has 0 unspecified atom stereocenters. The number of amides is 2. The summed E-state index contributed by atoms with van der Waals surface area (Å²) < 4.78 is 16.5. The maximum absolute atomic E-state index is 12.3. The molecule has 0 bridgehead atoms. The monoisotopic (exact) mass is 545 g/mol. The number of nitrogens with one attached hydrogen (secondary N) is 4. The summed E-state index contributed by atoms with van der Waals surface area (Å²) in [5, 5.41) is 16.9. The molecule has 11 heteroatoms. The summed E-state index contributed by atoms with van der Waals surface area (Å²) in [5.74, 6) is 8.62. The third kappa shape index (κ3) is 8.83. The van der Waals surface area contributed by atoms with Crippen LogP contribution in [0.3, 0.4) is 0 Å². The van der Waals surface area contributed by atoms with E-state index in [0.29, 0.717) is 35.4 Å². The van der Waals surface area contributed by atoms with Gasteiger partial charge in [-0.1, -0.05) is 37.8 Å². The Morgan fingerprint density at radius 2 is 2.00 bits per heavy atom. The number of benzene rings is 1. The minimum absolute atomic E-state index is 0.218. The lowest BCUT2D eigenvalue weighted by atomic mass is 9.93. The van der Waals surface area contributed by atoms with Crippen molar-refractivity contribution in [2.45, 2.75) is 32.6 Å². The van der Waals surface area contributed by atoms with Gasteiger partial charge in [0, 0.05) is 48.5 Å². The second kappa shape index (κ2) is 13.6. The number of H-pyrrole nitrogens is 1. The molecule has 0 spiro atoms. The summed E-state index contributed by atoms with van der Waals surface area (Å²) >= 11 is 0. The fraction of sp³-hybridized carbons (Fsp3) is 0.379. The number of urea groups is 1. The van der Waals surface area contributed by atoms with Gasteiger partial charge < -0.3 is 24.4 Å². The van der Waals surface area contributed by atoms with Gasteiger partial charge >= 0.3 is 6.03 Å². The number of hydrogen-bond donors (Lipinski definition) is 4. The average molecular weight is 546 g/mol. The molecule has 0 atom stereocenters. The predicted octanol–water partition coefficient (Wildman–Crippen LogP) is 4.52. The van der Waals surface area contributed by atoms with Crippen molar-refractivity contribution >= 4 is 30.0 Å². The number of aromatic nitrogens is 3. The third-order valence-electron chi connectivity index (χ3n) is 5.98. The zero-order chi connectivity index (χ0) is 28.4. The number of rotatable bonds is 9. The number of carbonyl (C=O) groups is 1. The molecule has 1 fully saturated rings. The molecular formula is C29H35N7O4. The van der Waals surface area contributed by atoms with Crippen molar-refractivity contribution in [2.24, 2.45) is 0 Å². The Hall–Kier alpha value is -4.40. The van der Waals surface area contributed by atoms with E-state index in [2.05, 4.69) is 42.5 Å². The van der Waals surface area contributed by atoms with Gasteiger partial charge in [-0.2, -0.15) is 0 Å². The molecular weight excluding hydrogens is 510 g/mol. The number of allylic oxidation sites excluding steroid dienone is 1. The smallest absolute Gasteiger partial charge is 0.326 e. The fourth-order valence-electron chi connectivity index (χ4n) is 3.77. The fourth-order valence-corrected chi connectivity index (χ4v) is 3.77. The van der Waals surface area contributed by atoms with Crippen LogP contribution >= 0.6 is 0 Å². The van der Waals surface area contributed by atoms with Crippen molar-refractivity contribution in [1.82, 2.24) is 20.0 Å². The minimum atomic E-state index is -0.496. The van der Waals surface area contributed by atoms with E-state index < -0.39 is 6.03 Å². The number of hydrogen-bond acceptors (Lipinski definition) is 8. The topological polar surface area (TPSA) is 141 Å². The zero-order valence-corrected chi connectivity index (χ0v) is 23.0. The van der Waals surface area contributed by atoms with Crippen LogP contribution in [-0.2, 0) is 10.2 Å². The van der Waals surface area contributed by atoms with Crippen LogP contribution in [0, 0.1) is 17.3 Å². The quantitative estimate of drug-likeness (QED) is 0.176. The lowest BCUT2D eigenvalue weighted by Gasteiger charge is -2.26. The van der Waals surface area contributed by atoms with E-state index in [4.69, 9.17) is 19.4 Å². The largest absolute Gasteiger partial charge is 0.494 e. The van der Waals surface area contributed by atoms with Gasteiger partial charge in [0.15, 0.2) is 5.82 Å². The molecule has 2 aromatic heterocycles. The minimum Gasteiger partial charge on any atom is -0.494 e. The molecule has 3 heterocycles. The van der Waals surface area contributed by atoms with E-state index in [1.807, 2.05) is 45.0 Å². The van der Waals surface area contributed by atoms with Crippen LogP contribution < -0.4 is 15.4 Å². The van der Waals surface area contributed by atoms with Crippen LogP contribution in [-0.4, -0.2) is 71.7 Å². The molecule has 3 aromatic rings. The van der Waals surface area contributed by atoms with E-state index in [0.717, 1.165) is 56.8 Å². The highest BCUT2D eigenvalue weighted by molar-refractivity contribution is 5.98. The molecule has 1 saturated heterocycles. The van der Waals surface area contributed by atoms with E-state index in [-0.39, 0.29) is 5.41 Å². The van der Waals surface area contributed by atoms with Crippen LogP contribution in [0.4, 0.5) is 16.4 Å². The molecule has 2 amide bonds. The van der Waals surface area contributed by atoms with Crippen molar-refractivity contribution in [3.8, 4) is 17.6 Å². The molecule has 1 aliphatic heterocycles. The summed E-state index contributed by atoms with van der Waals surface area (Å²) in [4.78, 5) is 21.9. The molecule has 4 N–H and O–H groups in total. The number of nitrogens with zero attached hydrogens (tertiary/aromatic N) is 3. The first-order valence-corrected chi connectivity index (χ1v) is 13.2. The number of anilines is 2. The maximum Gasteiger partial charge on any atom is 0.326 e. The van der Waals surface area contributed by atoms with Crippen molar-refractivity contribution in [3.63, 3.8) is 0 Å². The third-order valence-corrected chi connectivity index (χ3v) is 5.98. The Balaban J connectivity index is 1.26. The second-order valence-electron chi connectivity index (χ2n) is 10.3. The first-order chi connectivity index (χ1) is 19.3. The summed E-state index contributed by atoms with van der Waals surface area (Å²) in [7, 11) is 0. The van der Waals surface area contributed by atoms with Gasteiger partial charge in [-0.15, -0.1) is 0 Å². The Labute approximate surface area is 233 Å². The lowest BCUT2D eigenvalue weighted by Crippen LogP contribution is -2.37. The van der Waals surface area contributed by atoms with Gasteiger partial charge in [-0.05, 0) is 36.8 Å². The Bertz CT molecular complexity index is 1370. The molecule has 1 aromatic carbocycles. The van der Waals surface area contributed by atoms with Gasteiger partial charge in [0.2, 0.25) is 0 Å². The predicted molar refractivity (Wildman–Crippen MR) is 154 cm³/mol. The summed E-state index contributed by atoms with van der Waals surface area (Å²) in [6.07, 6.45) is 5.22. The van der Waals surface area contributed by atoms with Gasteiger partial charge in [-0.25, -0.2) is 9.78 Å². The van der Waals surface area contributed by atoms with E-state index in [1.54, 1.807) is 12.1 Å². The van der Waals surface area contributed by atoms with Crippen LogP contribution in [0.2, 0.25) is 0 Å². The maximum atomic E-state index is 12.3. The molecule has 0 aliphatic carbocycles. The van der Waals surface area contributed by atoms with Gasteiger partial charge in [-0.3, -0.25) is 15.5 Å². The standard InChI is InChI=1S/C29H35N7O4/c1-29(2,3)24-18-26(35-40-24)33-28(37)34-27-20-31-25(32-27)17-22(19-30)6-5-21-7-9-23(10-8-21)39-14-4-11-36-12-15-38-16-13-36/h7-10,17-20,30H,4,11-16H2,1-3H3,(H,31,32)(H2,33,34,35,37)/b22-17-,30-19?. The highest BCUT2D eigenvalue weighted by Gasteiger charge is 2.20. The normalized spacial score (nSPS) is 14.2. The van der Waals surface area contributed by atoms with E-state index >= 15 is 0 Å². The Morgan fingerprint density at radius 1 is 1.23 bits per heavy atom. The first kappa shape index (κ1) is 28.6. The summed E-state index contributed by atoms with van der Waals surface area (Å²) in [6, 6.07) is 8.75. The van der Waals surface area contributed by atoms with Gasteiger partial charge in [0.05, 0.1) is 26.0 Å². The van der Waals surface area contributed by atoms with Crippen molar-refractivity contribution < 1.29 is 18.8 Å². The van der Waals surface area contributed by atoms with Crippen LogP contribution in [0.1, 0.15) is 44.3 Å². The zero-order valence-electron chi connectivity index (χ0n) is 23.0. The molecule has 210 valence electrons. The second-order valence-corrected chi connectivity index (χ2v) is 10.3. The molecule has 0 radical (unpaired) electrons. The van der Waals surface area contributed by atoms with Gasteiger partial charge in [0.25, 0.3) is 0 Å².